The van der Waals surface area contributed by atoms with Gasteiger partial charge in [0.15, 0.2) is 9.84 Å². The highest BCUT2D eigenvalue weighted by molar-refractivity contribution is 7.91. The lowest BCUT2D eigenvalue weighted by molar-refractivity contribution is -0.140. The molecule has 0 unspecified atom stereocenters. The predicted octanol–water partition coefficient (Wildman–Crippen LogP) is 4.85. The average Bonchev–Trinajstić information content (AvgIpc) is 2.65. The van der Waals surface area contributed by atoms with Crippen LogP contribution in [0.4, 0.5) is 30.7 Å². The summed E-state index contributed by atoms with van der Waals surface area (Å²) >= 11 is 0. The SMILES string of the molecule is O=C(N[C@H]1C[C@H](CS(=O)(=O)c2cccc(C(F)(F)F)c2)C1)c1ccc(F)c(C(F)(F)F)c1. The normalized spacial score (nSPS) is 19.3. The largest absolute Gasteiger partial charge is 0.419 e. The number of alkyl halides is 6. The van der Waals surface area contributed by atoms with E-state index in [0.717, 1.165) is 24.3 Å². The van der Waals surface area contributed by atoms with Crippen LogP contribution in [0, 0.1) is 11.7 Å². The first-order valence-electron chi connectivity index (χ1n) is 9.24. The zero-order valence-corrected chi connectivity index (χ0v) is 16.9. The van der Waals surface area contributed by atoms with Gasteiger partial charge in [0, 0.05) is 11.6 Å². The van der Waals surface area contributed by atoms with Crippen molar-refractivity contribution in [3.8, 4) is 0 Å². The minimum Gasteiger partial charge on any atom is -0.349 e. The highest BCUT2D eigenvalue weighted by Crippen LogP contribution is 2.34. The minimum atomic E-state index is -4.97. The standard InChI is InChI=1S/C20H16F7NO3S/c21-17-5-4-12(8-16(17)20(25,26)27)18(29)28-14-6-11(7-14)10-32(30,31)15-3-1-2-13(9-15)19(22,23)24/h1-5,8-9,11,14H,6-7,10H2,(H,28,29)/t11-,14-. The molecular formula is C20H16F7NO3S. The number of hydrogen-bond acceptors (Lipinski definition) is 3. The van der Waals surface area contributed by atoms with Gasteiger partial charge in [0.1, 0.15) is 5.82 Å². The van der Waals surface area contributed by atoms with E-state index in [2.05, 4.69) is 5.32 Å². The molecule has 0 atom stereocenters. The first-order chi connectivity index (χ1) is 14.7. The first-order valence-corrected chi connectivity index (χ1v) is 10.9. The van der Waals surface area contributed by atoms with E-state index in [-0.39, 0.29) is 12.8 Å². The van der Waals surface area contributed by atoms with Gasteiger partial charge in [-0.15, -0.1) is 0 Å². The topological polar surface area (TPSA) is 63.2 Å². The Morgan fingerprint density at radius 3 is 2.22 bits per heavy atom. The number of carbonyl (C=O) groups is 1. The van der Waals surface area contributed by atoms with Gasteiger partial charge < -0.3 is 5.32 Å². The molecule has 1 fully saturated rings. The molecule has 0 heterocycles. The maximum Gasteiger partial charge on any atom is 0.419 e. The van der Waals surface area contributed by atoms with E-state index < -0.39 is 73.2 Å². The number of benzene rings is 2. The van der Waals surface area contributed by atoms with Crippen molar-refractivity contribution in [3.05, 3.63) is 65.0 Å². The minimum absolute atomic E-state index is 0.178. The van der Waals surface area contributed by atoms with E-state index in [1.165, 1.54) is 0 Å². The van der Waals surface area contributed by atoms with E-state index in [0.29, 0.717) is 18.2 Å². The number of amides is 1. The summed E-state index contributed by atoms with van der Waals surface area (Å²) in [4.78, 5) is 11.7. The molecule has 32 heavy (non-hydrogen) atoms. The fourth-order valence-electron chi connectivity index (χ4n) is 3.41. The van der Waals surface area contributed by atoms with Crippen molar-refractivity contribution < 1.29 is 43.9 Å². The number of hydrogen-bond donors (Lipinski definition) is 1. The second-order valence-corrected chi connectivity index (χ2v) is 9.54. The van der Waals surface area contributed by atoms with E-state index in [1.807, 2.05) is 0 Å². The third-order valence-corrected chi connectivity index (χ3v) is 6.96. The van der Waals surface area contributed by atoms with Crippen molar-refractivity contribution in [1.82, 2.24) is 5.32 Å². The van der Waals surface area contributed by atoms with Crippen LogP contribution in [-0.2, 0) is 22.2 Å². The van der Waals surface area contributed by atoms with Gasteiger partial charge in [0.25, 0.3) is 5.91 Å². The van der Waals surface area contributed by atoms with Crippen molar-refractivity contribution in [2.75, 3.05) is 5.75 Å². The number of nitrogens with one attached hydrogen (secondary N) is 1. The van der Waals surface area contributed by atoms with Crippen LogP contribution < -0.4 is 5.32 Å². The molecule has 0 bridgehead atoms. The summed E-state index contributed by atoms with van der Waals surface area (Å²) in [6.07, 6.45) is -9.31. The Morgan fingerprint density at radius 2 is 1.62 bits per heavy atom. The van der Waals surface area contributed by atoms with Gasteiger partial charge in [-0.25, -0.2) is 12.8 Å². The number of halogens is 7. The van der Waals surface area contributed by atoms with Gasteiger partial charge >= 0.3 is 12.4 Å². The molecule has 2 aromatic rings. The molecule has 0 aromatic heterocycles. The van der Waals surface area contributed by atoms with Crippen molar-refractivity contribution in [2.24, 2.45) is 5.92 Å². The van der Waals surface area contributed by atoms with Crippen LogP contribution in [0.5, 0.6) is 0 Å². The Bertz CT molecular complexity index is 1120. The molecule has 12 heteroatoms. The summed E-state index contributed by atoms with van der Waals surface area (Å²) in [5.74, 6) is -3.27. The molecule has 0 radical (unpaired) electrons. The molecule has 1 N–H and O–H groups in total. The van der Waals surface area contributed by atoms with E-state index in [4.69, 9.17) is 0 Å². The first kappa shape index (κ1) is 24.0. The lowest BCUT2D eigenvalue weighted by atomic mass is 9.81. The summed E-state index contributed by atoms with van der Waals surface area (Å²) in [5, 5.41) is 2.44. The molecule has 0 aliphatic heterocycles. The summed E-state index contributed by atoms with van der Waals surface area (Å²) in [6.45, 7) is 0. The molecule has 0 saturated heterocycles. The molecule has 3 rings (SSSR count). The Balaban J connectivity index is 1.60. The van der Waals surface area contributed by atoms with Gasteiger partial charge in [-0.3, -0.25) is 4.79 Å². The monoisotopic (exact) mass is 483 g/mol. The van der Waals surface area contributed by atoms with Gasteiger partial charge in [-0.05, 0) is 55.2 Å². The van der Waals surface area contributed by atoms with E-state index >= 15 is 0 Å². The van der Waals surface area contributed by atoms with Crippen LogP contribution in [0.3, 0.4) is 0 Å². The zero-order chi connectivity index (χ0) is 23.9. The summed E-state index contributed by atoms with van der Waals surface area (Å²) in [6, 6.07) is 4.67. The molecule has 174 valence electrons. The van der Waals surface area contributed by atoms with Crippen LogP contribution in [0.15, 0.2) is 47.4 Å². The van der Waals surface area contributed by atoms with Gasteiger partial charge in [-0.2, -0.15) is 26.3 Å². The van der Waals surface area contributed by atoms with Gasteiger partial charge in [-0.1, -0.05) is 6.07 Å². The Labute approximate surface area is 178 Å². The lowest BCUT2D eigenvalue weighted by Crippen LogP contribution is -2.46. The third-order valence-electron chi connectivity index (χ3n) is 5.08. The number of carbonyl (C=O) groups excluding carboxylic acids is 1. The Hall–Kier alpha value is -2.63. The molecular weight excluding hydrogens is 467 g/mol. The van der Waals surface area contributed by atoms with Crippen LogP contribution in [0.1, 0.15) is 34.3 Å². The maximum atomic E-state index is 13.3. The van der Waals surface area contributed by atoms with Crippen molar-refractivity contribution in [2.45, 2.75) is 36.1 Å². The van der Waals surface area contributed by atoms with Crippen molar-refractivity contribution >= 4 is 15.7 Å². The molecule has 4 nitrogen and oxygen atoms in total. The average molecular weight is 483 g/mol. The highest BCUT2D eigenvalue weighted by atomic mass is 32.2. The maximum absolute atomic E-state index is 13.3. The molecule has 1 aliphatic rings. The van der Waals surface area contributed by atoms with Crippen molar-refractivity contribution in [3.63, 3.8) is 0 Å². The van der Waals surface area contributed by atoms with Crippen LogP contribution in [-0.4, -0.2) is 26.1 Å². The third kappa shape index (κ3) is 5.40. The number of sulfone groups is 1. The molecule has 2 aromatic carbocycles. The lowest BCUT2D eigenvalue weighted by Gasteiger charge is -2.35. The van der Waals surface area contributed by atoms with Gasteiger partial charge in [0.05, 0.1) is 21.8 Å². The van der Waals surface area contributed by atoms with Gasteiger partial charge in [0.2, 0.25) is 0 Å². The summed E-state index contributed by atoms with van der Waals surface area (Å²) in [7, 11) is -4.01. The fourth-order valence-corrected chi connectivity index (χ4v) is 5.09. The second kappa shape index (κ2) is 8.38. The molecule has 1 aliphatic carbocycles. The summed E-state index contributed by atoms with van der Waals surface area (Å²) in [5.41, 5.74) is -3.07. The number of rotatable bonds is 5. The summed E-state index contributed by atoms with van der Waals surface area (Å²) < 4.78 is 115. The zero-order valence-electron chi connectivity index (χ0n) is 16.1. The quantitative estimate of drug-likeness (QED) is 0.619. The second-order valence-electron chi connectivity index (χ2n) is 7.51. The van der Waals surface area contributed by atoms with Crippen molar-refractivity contribution in [1.29, 1.82) is 0 Å². The predicted molar refractivity (Wildman–Crippen MR) is 98.9 cm³/mol. The van der Waals surface area contributed by atoms with Crippen LogP contribution in [0.25, 0.3) is 0 Å². The smallest absolute Gasteiger partial charge is 0.349 e. The fraction of sp³-hybridized carbons (Fsp3) is 0.350. The Morgan fingerprint density at radius 1 is 0.969 bits per heavy atom. The molecule has 1 saturated carbocycles. The Kier molecular flexibility index (Phi) is 6.29. The molecule has 1 amide bonds. The van der Waals surface area contributed by atoms with Crippen LogP contribution >= 0.6 is 0 Å². The van der Waals surface area contributed by atoms with E-state index in [9.17, 15) is 43.9 Å². The molecule has 0 spiro atoms. The van der Waals surface area contributed by atoms with E-state index in [1.54, 1.807) is 0 Å². The van der Waals surface area contributed by atoms with Crippen LogP contribution in [0.2, 0.25) is 0 Å². The highest BCUT2D eigenvalue weighted by Gasteiger charge is 2.37.